The molecule has 0 spiro atoms. The van der Waals surface area contributed by atoms with Gasteiger partial charge >= 0.3 is 0 Å². The number of hydrogen-bond donors (Lipinski definition) is 2. The fourth-order valence-electron chi connectivity index (χ4n) is 3.34. The molecule has 7 heteroatoms. The van der Waals surface area contributed by atoms with E-state index in [0.717, 1.165) is 19.4 Å². The Kier molecular flexibility index (Phi) is 5.08. The number of nitrogens with one attached hydrogen (secondary N) is 2. The van der Waals surface area contributed by atoms with E-state index >= 15 is 0 Å². The molecule has 130 valence electrons. The van der Waals surface area contributed by atoms with Crippen molar-refractivity contribution in [2.45, 2.75) is 44.3 Å². The van der Waals surface area contributed by atoms with Crippen molar-refractivity contribution in [3.8, 4) is 0 Å². The average molecular weight is 337 g/mol. The van der Waals surface area contributed by atoms with Crippen LogP contribution in [0.3, 0.4) is 0 Å². The van der Waals surface area contributed by atoms with Crippen LogP contribution in [0.2, 0.25) is 0 Å². The second kappa shape index (κ2) is 7.25. The van der Waals surface area contributed by atoms with E-state index in [1.165, 1.54) is 18.2 Å². The van der Waals surface area contributed by atoms with E-state index in [-0.39, 0.29) is 30.0 Å². The Hall–Kier alpha value is -2.02. The van der Waals surface area contributed by atoms with E-state index in [2.05, 4.69) is 10.6 Å². The molecule has 2 saturated heterocycles. The molecule has 2 N–H and O–H groups in total. The van der Waals surface area contributed by atoms with Gasteiger partial charge in [-0.15, -0.1) is 0 Å². The normalized spacial score (nSPS) is 24.7. The Morgan fingerprint density at radius 1 is 1.29 bits per heavy atom. The summed E-state index contributed by atoms with van der Waals surface area (Å²) in [5, 5.41) is 5.59. The van der Waals surface area contributed by atoms with Crippen LogP contribution in [0.1, 0.15) is 31.2 Å². The first kappa shape index (κ1) is 16.8. The number of piperidine rings is 1. The lowest BCUT2D eigenvalue weighted by Crippen LogP contribution is -2.51. The number of likely N-dealkylation sites (tertiary alicyclic amines) is 1. The van der Waals surface area contributed by atoms with E-state index in [9.17, 15) is 18.4 Å². The van der Waals surface area contributed by atoms with Crippen molar-refractivity contribution in [2.24, 2.45) is 0 Å². The van der Waals surface area contributed by atoms with Crippen LogP contribution in [0.5, 0.6) is 0 Å². The van der Waals surface area contributed by atoms with Crippen LogP contribution < -0.4 is 10.6 Å². The highest BCUT2D eigenvalue weighted by atomic mass is 19.1. The largest absolute Gasteiger partial charge is 0.350 e. The quantitative estimate of drug-likeness (QED) is 0.871. The first-order chi connectivity index (χ1) is 11.5. The first-order valence-electron chi connectivity index (χ1n) is 8.28. The number of nitrogens with zero attached hydrogens (tertiary/aromatic N) is 1. The maximum Gasteiger partial charge on any atom is 0.242 e. The lowest BCUT2D eigenvalue weighted by molar-refractivity contribution is -0.126. The highest BCUT2D eigenvalue weighted by Crippen LogP contribution is 2.18. The van der Waals surface area contributed by atoms with E-state index < -0.39 is 17.7 Å². The number of amides is 2. The van der Waals surface area contributed by atoms with Crippen LogP contribution in [0.15, 0.2) is 18.2 Å². The highest BCUT2D eigenvalue weighted by Gasteiger charge is 2.30. The molecule has 0 bridgehead atoms. The first-order valence-corrected chi connectivity index (χ1v) is 8.28. The average Bonchev–Trinajstić information content (AvgIpc) is 2.98. The Bertz CT molecular complexity index is 618. The monoisotopic (exact) mass is 337 g/mol. The van der Waals surface area contributed by atoms with Crippen molar-refractivity contribution in [3.05, 3.63) is 35.4 Å². The van der Waals surface area contributed by atoms with E-state index in [1.54, 1.807) is 0 Å². The van der Waals surface area contributed by atoms with Gasteiger partial charge in [0.1, 0.15) is 17.7 Å². The molecule has 1 aromatic carbocycles. The van der Waals surface area contributed by atoms with Gasteiger partial charge in [-0.25, -0.2) is 8.78 Å². The zero-order valence-electron chi connectivity index (χ0n) is 13.4. The highest BCUT2D eigenvalue weighted by molar-refractivity contribution is 5.90. The van der Waals surface area contributed by atoms with Crippen molar-refractivity contribution in [1.82, 2.24) is 15.5 Å². The van der Waals surface area contributed by atoms with Crippen LogP contribution in [0.25, 0.3) is 0 Å². The number of carbonyl (C=O) groups excluding carboxylic acids is 2. The molecule has 2 heterocycles. The van der Waals surface area contributed by atoms with Gasteiger partial charge in [0, 0.05) is 31.1 Å². The molecule has 2 amide bonds. The third-order valence-electron chi connectivity index (χ3n) is 4.61. The minimum absolute atomic E-state index is 0.0625. The van der Waals surface area contributed by atoms with Crippen molar-refractivity contribution in [3.63, 3.8) is 0 Å². The maximum absolute atomic E-state index is 13.8. The summed E-state index contributed by atoms with van der Waals surface area (Å²) in [5.41, 5.74) is 0.0625. The Labute approximate surface area is 139 Å². The molecular weight excluding hydrogens is 316 g/mol. The SMILES string of the molecule is O=C1CC[C@H](C(=O)N[C@H]2CCCN(Cc3c(F)cccc3F)C2)N1. The third kappa shape index (κ3) is 3.90. The summed E-state index contributed by atoms with van der Waals surface area (Å²) in [6.07, 6.45) is 2.56. The summed E-state index contributed by atoms with van der Waals surface area (Å²) in [7, 11) is 0. The number of benzene rings is 1. The molecule has 5 nitrogen and oxygen atoms in total. The zero-order valence-corrected chi connectivity index (χ0v) is 13.4. The third-order valence-corrected chi connectivity index (χ3v) is 4.61. The van der Waals surface area contributed by atoms with Gasteiger partial charge < -0.3 is 10.6 Å². The van der Waals surface area contributed by atoms with Crippen LogP contribution in [0.4, 0.5) is 8.78 Å². The van der Waals surface area contributed by atoms with Crippen molar-refractivity contribution in [2.75, 3.05) is 13.1 Å². The molecular formula is C17H21F2N3O2. The molecule has 2 aliphatic rings. The molecule has 2 fully saturated rings. The van der Waals surface area contributed by atoms with E-state index in [0.29, 0.717) is 19.4 Å². The summed E-state index contributed by atoms with van der Waals surface area (Å²) in [5.74, 6) is -1.37. The number of carbonyl (C=O) groups is 2. The van der Waals surface area contributed by atoms with Crippen LogP contribution >= 0.6 is 0 Å². The van der Waals surface area contributed by atoms with Gasteiger partial charge in [0.05, 0.1) is 0 Å². The van der Waals surface area contributed by atoms with Gasteiger partial charge in [0.25, 0.3) is 0 Å². The smallest absolute Gasteiger partial charge is 0.242 e. The summed E-state index contributed by atoms with van der Waals surface area (Å²) in [4.78, 5) is 25.3. The molecule has 0 saturated carbocycles. The molecule has 3 rings (SSSR count). The Balaban J connectivity index is 1.56. The van der Waals surface area contributed by atoms with Crippen molar-refractivity contribution >= 4 is 11.8 Å². The number of halogens is 2. The van der Waals surface area contributed by atoms with Crippen LogP contribution in [-0.4, -0.2) is 41.9 Å². The molecule has 0 aliphatic carbocycles. The second-order valence-corrected chi connectivity index (χ2v) is 6.44. The topological polar surface area (TPSA) is 61.4 Å². The molecule has 0 unspecified atom stereocenters. The Morgan fingerprint density at radius 2 is 2.04 bits per heavy atom. The number of rotatable bonds is 4. The van der Waals surface area contributed by atoms with Gasteiger partial charge in [-0.3, -0.25) is 14.5 Å². The van der Waals surface area contributed by atoms with Crippen LogP contribution in [-0.2, 0) is 16.1 Å². The van der Waals surface area contributed by atoms with E-state index in [1.807, 2.05) is 4.90 Å². The molecule has 1 aromatic rings. The Morgan fingerprint density at radius 3 is 2.71 bits per heavy atom. The lowest BCUT2D eigenvalue weighted by atomic mass is 10.0. The van der Waals surface area contributed by atoms with Crippen molar-refractivity contribution < 1.29 is 18.4 Å². The molecule has 2 aliphatic heterocycles. The standard InChI is InChI=1S/C17H21F2N3O2/c18-13-4-1-5-14(19)12(13)10-22-8-2-3-11(9-22)20-17(24)15-6-7-16(23)21-15/h1,4-5,11,15H,2-3,6-10H2,(H,20,24)(H,21,23)/t11-,15+/m0/s1. The van der Waals surface area contributed by atoms with Crippen LogP contribution in [0, 0.1) is 11.6 Å². The van der Waals surface area contributed by atoms with Gasteiger partial charge in [0.2, 0.25) is 11.8 Å². The van der Waals surface area contributed by atoms with Gasteiger partial charge in [-0.05, 0) is 37.9 Å². The lowest BCUT2D eigenvalue weighted by Gasteiger charge is -2.33. The predicted molar refractivity (Wildman–Crippen MR) is 84.0 cm³/mol. The fraction of sp³-hybridized carbons (Fsp3) is 0.529. The summed E-state index contributed by atoms with van der Waals surface area (Å²) >= 11 is 0. The van der Waals surface area contributed by atoms with Gasteiger partial charge in [-0.1, -0.05) is 6.07 Å². The van der Waals surface area contributed by atoms with Gasteiger partial charge in [-0.2, -0.15) is 0 Å². The van der Waals surface area contributed by atoms with E-state index in [4.69, 9.17) is 0 Å². The predicted octanol–water partition coefficient (Wildman–Crippen LogP) is 1.32. The minimum Gasteiger partial charge on any atom is -0.350 e. The summed E-state index contributed by atoms with van der Waals surface area (Å²) in [6.45, 7) is 1.46. The summed E-state index contributed by atoms with van der Waals surface area (Å²) < 4.78 is 27.6. The molecule has 24 heavy (non-hydrogen) atoms. The molecule has 0 aromatic heterocycles. The summed E-state index contributed by atoms with van der Waals surface area (Å²) in [6, 6.07) is 3.33. The van der Waals surface area contributed by atoms with Gasteiger partial charge in [0.15, 0.2) is 0 Å². The zero-order chi connectivity index (χ0) is 17.1. The maximum atomic E-state index is 13.8. The fourth-order valence-corrected chi connectivity index (χ4v) is 3.34. The van der Waals surface area contributed by atoms with Crippen molar-refractivity contribution in [1.29, 1.82) is 0 Å². The molecule has 2 atom stereocenters. The molecule has 0 radical (unpaired) electrons. The minimum atomic E-state index is -0.546. The second-order valence-electron chi connectivity index (χ2n) is 6.44. The number of hydrogen-bond acceptors (Lipinski definition) is 3.